The number of nitrogen functional groups attached to an aromatic ring is 1. The SMILES string of the molecule is CC1CC(C)N(S(=O)(=O)c2cc(Cl)c(Br)c(N)c2F)C1. The number of anilines is 1. The molecule has 0 saturated carbocycles. The highest BCUT2D eigenvalue weighted by atomic mass is 79.9. The Kier molecular flexibility index (Phi) is 4.35. The molecule has 8 heteroatoms. The Morgan fingerprint density at radius 3 is 2.60 bits per heavy atom. The number of hydrogen-bond acceptors (Lipinski definition) is 3. The van der Waals surface area contributed by atoms with Crippen LogP contribution in [0.2, 0.25) is 5.02 Å². The molecule has 1 aromatic carbocycles. The lowest BCUT2D eigenvalue weighted by Gasteiger charge is -2.22. The Balaban J connectivity index is 2.56. The molecule has 2 unspecified atom stereocenters. The van der Waals surface area contributed by atoms with Gasteiger partial charge >= 0.3 is 0 Å². The molecule has 0 aliphatic carbocycles. The van der Waals surface area contributed by atoms with E-state index in [-0.39, 0.29) is 27.1 Å². The zero-order valence-electron chi connectivity index (χ0n) is 11.0. The van der Waals surface area contributed by atoms with Gasteiger partial charge in [-0.25, -0.2) is 12.8 Å². The van der Waals surface area contributed by atoms with Crippen molar-refractivity contribution >= 4 is 43.2 Å². The molecule has 0 aromatic heterocycles. The number of nitrogens with zero attached hydrogens (tertiary/aromatic N) is 1. The summed E-state index contributed by atoms with van der Waals surface area (Å²) in [6.45, 7) is 4.14. The monoisotopic (exact) mass is 384 g/mol. The largest absolute Gasteiger partial charge is 0.395 e. The van der Waals surface area contributed by atoms with Crippen molar-refractivity contribution in [2.45, 2.75) is 31.2 Å². The summed E-state index contributed by atoms with van der Waals surface area (Å²) in [6.07, 6.45) is 0.751. The van der Waals surface area contributed by atoms with E-state index in [1.54, 1.807) is 0 Å². The smallest absolute Gasteiger partial charge is 0.246 e. The van der Waals surface area contributed by atoms with Crippen molar-refractivity contribution in [3.63, 3.8) is 0 Å². The van der Waals surface area contributed by atoms with Crippen LogP contribution >= 0.6 is 27.5 Å². The fourth-order valence-electron chi connectivity index (χ4n) is 2.51. The van der Waals surface area contributed by atoms with Gasteiger partial charge in [-0.15, -0.1) is 0 Å². The molecule has 0 radical (unpaired) electrons. The maximum absolute atomic E-state index is 14.2. The molecule has 1 aromatic rings. The predicted octanol–water partition coefficient (Wildman–Crippen LogP) is 3.24. The molecule has 0 bridgehead atoms. The molecule has 4 nitrogen and oxygen atoms in total. The van der Waals surface area contributed by atoms with E-state index in [9.17, 15) is 12.8 Å². The Hall–Kier alpha value is -0.370. The fourth-order valence-corrected chi connectivity index (χ4v) is 4.94. The van der Waals surface area contributed by atoms with Gasteiger partial charge in [-0.1, -0.05) is 18.5 Å². The fraction of sp³-hybridized carbons (Fsp3) is 0.500. The number of nitrogens with two attached hydrogens (primary N) is 1. The van der Waals surface area contributed by atoms with Crippen LogP contribution in [0.15, 0.2) is 15.4 Å². The summed E-state index contributed by atoms with van der Waals surface area (Å²) in [5.74, 6) is -0.723. The molecule has 1 aliphatic rings. The molecule has 112 valence electrons. The van der Waals surface area contributed by atoms with Gasteiger partial charge in [-0.3, -0.25) is 0 Å². The molecule has 1 heterocycles. The van der Waals surface area contributed by atoms with Crippen molar-refractivity contribution < 1.29 is 12.8 Å². The molecule has 2 rings (SSSR count). The molecule has 2 N–H and O–H groups in total. The van der Waals surface area contributed by atoms with Crippen molar-refractivity contribution in [3.8, 4) is 0 Å². The summed E-state index contributed by atoms with van der Waals surface area (Å²) in [6, 6.07) is 0.931. The van der Waals surface area contributed by atoms with Crippen LogP contribution in [0.1, 0.15) is 20.3 Å². The first kappa shape index (κ1) is 16.0. The molecule has 2 atom stereocenters. The van der Waals surface area contributed by atoms with E-state index in [4.69, 9.17) is 17.3 Å². The highest BCUT2D eigenvalue weighted by Gasteiger charge is 2.38. The van der Waals surface area contributed by atoms with Crippen LogP contribution in [0.5, 0.6) is 0 Å². The van der Waals surface area contributed by atoms with E-state index in [2.05, 4.69) is 15.9 Å². The van der Waals surface area contributed by atoms with Crippen LogP contribution in [-0.4, -0.2) is 25.3 Å². The molecule has 0 spiro atoms. The molecular weight excluding hydrogens is 371 g/mol. The molecular formula is C12H15BrClFN2O2S. The van der Waals surface area contributed by atoms with Crippen molar-refractivity contribution in [2.24, 2.45) is 5.92 Å². The lowest BCUT2D eigenvalue weighted by Crippen LogP contribution is -2.34. The number of benzene rings is 1. The Labute approximate surface area is 131 Å². The first-order valence-corrected chi connectivity index (χ1v) is 8.72. The first-order valence-electron chi connectivity index (χ1n) is 6.11. The molecule has 1 fully saturated rings. The zero-order valence-corrected chi connectivity index (χ0v) is 14.2. The second kappa shape index (κ2) is 5.44. The standard InChI is InChI=1S/C12H15BrClFN2O2S/c1-6-3-7(2)17(5-6)20(18,19)9-4-8(14)10(13)12(16)11(9)15/h4,6-7H,3,5,16H2,1-2H3. The van der Waals surface area contributed by atoms with Gasteiger partial charge in [-0.2, -0.15) is 4.31 Å². The second-order valence-corrected chi connectivity index (χ2v) is 8.22. The van der Waals surface area contributed by atoms with Crippen LogP contribution in [0.25, 0.3) is 0 Å². The van der Waals surface area contributed by atoms with Crippen molar-refractivity contribution in [3.05, 3.63) is 21.4 Å². The van der Waals surface area contributed by atoms with Gasteiger partial charge in [0.1, 0.15) is 4.90 Å². The highest BCUT2D eigenvalue weighted by molar-refractivity contribution is 9.10. The minimum absolute atomic E-state index is 0.0716. The molecule has 0 amide bonds. The Morgan fingerprint density at radius 2 is 2.10 bits per heavy atom. The summed E-state index contributed by atoms with van der Waals surface area (Å²) in [4.78, 5) is -0.468. The summed E-state index contributed by atoms with van der Waals surface area (Å²) < 4.78 is 40.8. The van der Waals surface area contributed by atoms with Gasteiger partial charge in [0.2, 0.25) is 10.0 Å². The average molecular weight is 386 g/mol. The van der Waals surface area contributed by atoms with Crippen LogP contribution in [0, 0.1) is 11.7 Å². The van der Waals surface area contributed by atoms with Crippen LogP contribution < -0.4 is 5.73 Å². The highest BCUT2D eigenvalue weighted by Crippen LogP contribution is 2.37. The van der Waals surface area contributed by atoms with Gasteiger partial charge in [0.05, 0.1) is 15.2 Å². The predicted molar refractivity (Wildman–Crippen MR) is 80.7 cm³/mol. The van der Waals surface area contributed by atoms with Gasteiger partial charge in [0.15, 0.2) is 5.82 Å². The van der Waals surface area contributed by atoms with E-state index in [0.29, 0.717) is 6.54 Å². The number of hydrogen-bond donors (Lipinski definition) is 1. The maximum atomic E-state index is 14.2. The quantitative estimate of drug-likeness (QED) is 0.628. The number of sulfonamides is 1. The van der Waals surface area contributed by atoms with Gasteiger partial charge in [0.25, 0.3) is 0 Å². The van der Waals surface area contributed by atoms with E-state index in [1.165, 1.54) is 4.31 Å². The molecule has 20 heavy (non-hydrogen) atoms. The minimum Gasteiger partial charge on any atom is -0.395 e. The lowest BCUT2D eigenvalue weighted by atomic mass is 10.1. The van der Waals surface area contributed by atoms with E-state index in [0.717, 1.165) is 12.5 Å². The van der Waals surface area contributed by atoms with Crippen molar-refractivity contribution in [1.82, 2.24) is 4.31 Å². The summed E-state index contributed by atoms with van der Waals surface area (Å²) in [5, 5.41) is 0.0716. The first-order chi connectivity index (χ1) is 9.16. The molecule has 1 saturated heterocycles. The van der Waals surface area contributed by atoms with Gasteiger partial charge in [0, 0.05) is 12.6 Å². The maximum Gasteiger partial charge on any atom is 0.246 e. The molecule has 1 aliphatic heterocycles. The van der Waals surface area contributed by atoms with E-state index >= 15 is 0 Å². The van der Waals surface area contributed by atoms with Gasteiger partial charge in [-0.05, 0) is 41.3 Å². The topological polar surface area (TPSA) is 63.4 Å². The Morgan fingerprint density at radius 1 is 1.50 bits per heavy atom. The third kappa shape index (κ3) is 2.56. The third-order valence-electron chi connectivity index (χ3n) is 3.47. The van der Waals surface area contributed by atoms with E-state index in [1.807, 2.05) is 13.8 Å². The average Bonchev–Trinajstić information content (AvgIpc) is 2.71. The van der Waals surface area contributed by atoms with E-state index < -0.39 is 20.7 Å². The van der Waals surface area contributed by atoms with Crippen molar-refractivity contribution in [2.75, 3.05) is 12.3 Å². The summed E-state index contributed by atoms with van der Waals surface area (Å²) in [5.41, 5.74) is 5.26. The summed E-state index contributed by atoms with van der Waals surface area (Å²) >= 11 is 8.92. The van der Waals surface area contributed by atoms with Crippen LogP contribution in [0.3, 0.4) is 0 Å². The third-order valence-corrected chi connectivity index (χ3v) is 6.83. The minimum atomic E-state index is -3.94. The van der Waals surface area contributed by atoms with Crippen LogP contribution in [-0.2, 0) is 10.0 Å². The Bertz CT molecular complexity index is 653. The van der Waals surface area contributed by atoms with Crippen molar-refractivity contribution in [1.29, 1.82) is 0 Å². The summed E-state index contributed by atoms with van der Waals surface area (Å²) in [7, 11) is -3.94. The normalized spacial score (nSPS) is 24.2. The number of halogens is 3. The second-order valence-electron chi connectivity index (χ2n) is 5.16. The van der Waals surface area contributed by atoms with Gasteiger partial charge < -0.3 is 5.73 Å². The van der Waals surface area contributed by atoms with Crippen LogP contribution in [0.4, 0.5) is 10.1 Å². The lowest BCUT2D eigenvalue weighted by molar-refractivity contribution is 0.402. The zero-order chi connectivity index (χ0) is 15.2. The number of rotatable bonds is 2.